The van der Waals surface area contributed by atoms with Gasteiger partial charge in [-0.2, -0.15) is 5.10 Å². The van der Waals surface area contributed by atoms with Gasteiger partial charge in [-0.25, -0.2) is 4.68 Å². The van der Waals surface area contributed by atoms with Gasteiger partial charge in [0.1, 0.15) is 0 Å². The van der Waals surface area contributed by atoms with Crippen molar-refractivity contribution in [2.24, 2.45) is 0 Å². The summed E-state index contributed by atoms with van der Waals surface area (Å²) in [6.45, 7) is 7.93. The summed E-state index contributed by atoms with van der Waals surface area (Å²) in [7, 11) is 0. The van der Waals surface area contributed by atoms with Crippen LogP contribution in [-0.4, -0.2) is 65.0 Å². The van der Waals surface area contributed by atoms with Gasteiger partial charge in [0.05, 0.1) is 25.5 Å². The first-order valence-corrected chi connectivity index (χ1v) is 9.94. The SMILES string of the molecule is O=c1cc2c(nn1CC1CCCN1CCN1CCCCC1)CCOC2. The monoisotopic (exact) mass is 346 g/mol. The molecule has 0 N–H and O–H groups in total. The first-order valence-electron chi connectivity index (χ1n) is 9.94. The lowest BCUT2D eigenvalue weighted by molar-refractivity contribution is 0.107. The lowest BCUT2D eigenvalue weighted by Gasteiger charge is -2.31. The van der Waals surface area contributed by atoms with E-state index in [1.165, 1.54) is 51.7 Å². The third kappa shape index (κ3) is 4.13. The third-order valence-electron chi connectivity index (χ3n) is 5.94. The fourth-order valence-corrected chi connectivity index (χ4v) is 4.43. The fraction of sp³-hybridized carbons (Fsp3) is 0.789. The molecule has 0 radical (unpaired) electrons. The summed E-state index contributed by atoms with van der Waals surface area (Å²) in [6.07, 6.45) is 7.31. The maximum Gasteiger partial charge on any atom is 0.267 e. The molecule has 2 saturated heterocycles. The van der Waals surface area contributed by atoms with Gasteiger partial charge in [0.25, 0.3) is 5.56 Å². The molecular formula is C19H30N4O2. The van der Waals surface area contributed by atoms with Crippen molar-refractivity contribution < 1.29 is 4.74 Å². The van der Waals surface area contributed by atoms with Crippen LogP contribution in [-0.2, 0) is 24.3 Å². The smallest absolute Gasteiger partial charge is 0.267 e. The number of hydrogen-bond donors (Lipinski definition) is 0. The second kappa shape index (κ2) is 7.98. The lowest BCUT2D eigenvalue weighted by Crippen LogP contribution is -2.42. The molecule has 1 atom stereocenters. The Kier molecular flexibility index (Phi) is 5.48. The van der Waals surface area contributed by atoms with E-state index in [-0.39, 0.29) is 5.56 Å². The summed E-state index contributed by atoms with van der Waals surface area (Å²) < 4.78 is 7.13. The molecular weight excluding hydrogens is 316 g/mol. The molecule has 138 valence electrons. The molecule has 25 heavy (non-hydrogen) atoms. The van der Waals surface area contributed by atoms with Crippen molar-refractivity contribution in [2.75, 3.05) is 39.3 Å². The third-order valence-corrected chi connectivity index (χ3v) is 5.94. The van der Waals surface area contributed by atoms with Crippen LogP contribution in [0.15, 0.2) is 10.9 Å². The summed E-state index contributed by atoms with van der Waals surface area (Å²) >= 11 is 0. The van der Waals surface area contributed by atoms with Crippen molar-refractivity contribution in [3.63, 3.8) is 0 Å². The van der Waals surface area contributed by atoms with Gasteiger partial charge in [-0.1, -0.05) is 6.42 Å². The van der Waals surface area contributed by atoms with Gasteiger partial charge in [0.2, 0.25) is 0 Å². The minimum atomic E-state index is 0.0205. The van der Waals surface area contributed by atoms with Crippen molar-refractivity contribution in [1.82, 2.24) is 19.6 Å². The molecule has 1 aromatic rings. The molecule has 0 spiro atoms. The number of fused-ring (bicyclic) bond motifs is 1. The number of likely N-dealkylation sites (tertiary alicyclic amines) is 2. The van der Waals surface area contributed by atoms with Crippen molar-refractivity contribution in [3.05, 3.63) is 27.7 Å². The zero-order valence-electron chi connectivity index (χ0n) is 15.2. The van der Waals surface area contributed by atoms with Crippen LogP contribution in [0.4, 0.5) is 0 Å². The van der Waals surface area contributed by atoms with Crippen LogP contribution in [0.5, 0.6) is 0 Å². The van der Waals surface area contributed by atoms with E-state index in [4.69, 9.17) is 4.74 Å². The molecule has 6 heteroatoms. The van der Waals surface area contributed by atoms with Crippen molar-refractivity contribution in [1.29, 1.82) is 0 Å². The fourth-order valence-electron chi connectivity index (χ4n) is 4.43. The Hall–Kier alpha value is -1.24. The summed E-state index contributed by atoms with van der Waals surface area (Å²) in [4.78, 5) is 17.6. The Balaban J connectivity index is 1.38. The summed E-state index contributed by atoms with van der Waals surface area (Å²) in [5.74, 6) is 0. The van der Waals surface area contributed by atoms with Crippen LogP contribution in [0.3, 0.4) is 0 Å². The van der Waals surface area contributed by atoms with Gasteiger partial charge in [-0.15, -0.1) is 0 Å². The van der Waals surface area contributed by atoms with Gasteiger partial charge >= 0.3 is 0 Å². The largest absolute Gasteiger partial charge is 0.376 e. The first kappa shape index (κ1) is 17.2. The lowest BCUT2D eigenvalue weighted by atomic mass is 10.1. The van der Waals surface area contributed by atoms with E-state index in [0.717, 1.165) is 37.3 Å². The highest BCUT2D eigenvalue weighted by Gasteiger charge is 2.26. The Labute approximate surface area is 149 Å². The molecule has 4 rings (SSSR count). The highest BCUT2D eigenvalue weighted by atomic mass is 16.5. The Morgan fingerprint density at radius 2 is 2.00 bits per heavy atom. The minimum absolute atomic E-state index is 0.0205. The summed E-state index contributed by atoms with van der Waals surface area (Å²) in [5.41, 5.74) is 2.04. The van der Waals surface area contributed by atoms with Crippen LogP contribution < -0.4 is 5.56 Å². The van der Waals surface area contributed by atoms with Crippen LogP contribution in [0.1, 0.15) is 43.4 Å². The molecule has 1 unspecified atom stereocenters. The molecule has 2 fully saturated rings. The first-order chi connectivity index (χ1) is 12.3. The minimum Gasteiger partial charge on any atom is -0.376 e. The van der Waals surface area contributed by atoms with Crippen LogP contribution in [0.25, 0.3) is 0 Å². The van der Waals surface area contributed by atoms with E-state index in [2.05, 4.69) is 14.9 Å². The van der Waals surface area contributed by atoms with Gasteiger partial charge in [0, 0.05) is 37.2 Å². The Morgan fingerprint density at radius 3 is 2.88 bits per heavy atom. The van der Waals surface area contributed by atoms with E-state index in [1.807, 2.05) is 0 Å². The molecule has 0 aliphatic carbocycles. The number of ether oxygens (including phenoxy) is 1. The maximum absolute atomic E-state index is 12.4. The quantitative estimate of drug-likeness (QED) is 0.804. The average molecular weight is 346 g/mol. The van der Waals surface area contributed by atoms with E-state index < -0.39 is 0 Å². The predicted molar refractivity (Wildman–Crippen MR) is 96.7 cm³/mol. The van der Waals surface area contributed by atoms with Crippen LogP contribution in [0, 0.1) is 0 Å². The van der Waals surface area contributed by atoms with Crippen molar-refractivity contribution in [3.8, 4) is 0 Å². The maximum atomic E-state index is 12.4. The average Bonchev–Trinajstić information content (AvgIpc) is 3.08. The molecule has 0 saturated carbocycles. The van der Waals surface area contributed by atoms with Crippen LogP contribution >= 0.6 is 0 Å². The summed E-state index contributed by atoms with van der Waals surface area (Å²) in [5, 5.41) is 4.65. The molecule has 6 nitrogen and oxygen atoms in total. The van der Waals surface area contributed by atoms with Crippen LogP contribution in [0.2, 0.25) is 0 Å². The normalized spacial score (nSPS) is 25.2. The number of hydrogen-bond acceptors (Lipinski definition) is 5. The number of rotatable bonds is 5. The second-order valence-corrected chi connectivity index (χ2v) is 7.67. The molecule has 0 bridgehead atoms. The predicted octanol–water partition coefficient (Wildman–Crippen LogP) is 1.27. The number of aromatic nitrogens is 2. The number of piperidine rings is 1. The Morgan fingerprint density at radius 1 is 1.12 bits per heavy atom. The summed E-state index contributed by atoms with van der Waals surface area (Å²) in [6, 6.07) is 2.18. The topological polar surface area (TPSA) is 50.6 Å². The second-order valence-electron chi connectivity index (χ2n) is 7.67. The van der Waals surface area contributed by atoms with E-state index in [1.54, 1.807) is 10.7 Å². The van der Waals surface area contributed by atoms with Gasteiger partial charge < -0.3 is 9.64 Å². The molecule has 3 aliphatic rings. The van der Waals surface area contributed by atoms with Gasteiger partial charge in [0.15, 0.2) is 0 Å². The molecule has 0 amide bonds. The zero-order valence-corrected chi connectivity index (χ0v) is 15.2. The molecule has 4 heterocycles. The molecule has 1 aromatic heterocycles. The molecule has 0 aromatic carbocycles. The van der Waals surface area contributed by atoms with Gasteiger partial charge in [-0.05, 0) is 45.3 Å². The van der Waals surface area contributed by atoms with E-state index >= 15 is 0 Å². The standard InChI is InChI=1S/C19H30N4O2/c24-19-13-16-15-25-12-6-18(16)20-23(19)14-17-5-4-9-22(17)11-10-21-7-2-1-3-8-21/h13,17H,1-12,14-15H2. The van der Waals surface area contributed by atoms with Gasteiger partial charge in [-0.3, -0.25) is 9.69 Å². The highest BCUT2D eigenvalue weighted by Crippen LogP contribution is 2.19. The molecule has 3 aliphatic heterocycles. The zero-order chi connectivity index (χ0) is 17.1. The highest BCUT2D eigenvalue weighted by molar-refractivity contribution is 5.18. The number of nitrogens with zero attached hydrogens (tertiary/aromatic N) is 4. The Bertz CT molecular complexity index is 639. The van der Waals surface area contributed by atoms with Crippen molar-refractivity contribution in [2.45, 2.75) is 57.7 Å². The van der Waals surface area contributed by atoms with E-state index in [0.29, 0.717) is 19.3 Å². The van der Waals surface area contributed by atoms with Crippen molar-refractivity contribution >= 4 is 0 Å². The van der Waals surface area contributed by atoms with E-state index in [9.17, 15) is 4.79 Å².